The van der Waals surface area contributed by atoms with E-state index in [1.165, 1.54) is 64.7 Å². The largest absolute Gasteiger partial charge is 0.307 e. The van der Waals surface area contributed by atoms with E-state index in [-0.39, 0.29) is 0 Å². The van der Waals surface area contributed by atoms with Crippen LogP contribution in [0, 0.1) is 5.41 Å². The van der Waals surface area contributed by atoms with Crippen molar-refractivity contribution in [3.63, 3.8) is 0 Å². The molecule has 0 aromatic carbocycles. The van der Waals surface area contributed by atoms with Crippen molar-refractivity contribution in [1.82, 2.24) is 9.80 Å². The minimum atomic E-state index is 0.662. The van der Waals surface area contributed by atoms with Crippen LogP contribution in [0.2, 0.25) is 0 Å². The minimum absolute atomic E-state index is 0.662. The van der Waals surface area contributed by atoms with Crippen LogP contribution in [0.25, 0.3) is 0 Å². The third kappa shape index (κ3) is 3.45. The molecule has 100 valence electrons. The highest BCUT2D eigenvalue weighted by atomic mass is 15.2. The van der Waals surface area contributed by atoms with Gasteiger partial charge in [0, 0.05) is 6.04 Å². The molecule has 0 bridgehead atoms. The Morgan fingerprint density at radius 2 is 1.82 bits per heavy atom. The highest BCUT2D eigenvalue weighted by Crippen LogP contribution is 2.41. The van der Waals surface area contributed by atoms with Crippen molar-refractivity contribution < 1.29 is 0 Å². The molecule has 0 N–H and O–H groups in total. The Labute approximate surface area is 107 Å². The van der Waals surface area contributed by atoms with Crippen molar-refractivity contribution >= 4 is 0 Å². The van der Waals surface area contributed by atoms with Gasteiger partial charge >= 0.3 is 0 Å². The van der Waals surface area contributed by atoms with Crippen LogP contribution in [0.15, 0.2) is 0 Å². The number of likely N-dealkylation sites (tertiary alicyclic amines) is 1. The van der Waals surface area contributed by atoms with Gasteiger partial charge < -0.3 is 9.80 Å². The van der Waals surface area contributed by atoms with Gasteiger partial charge in [0.15, 0.2) is 0 Å². The minimum Gasteiger partial charge on any atom is -0.307 e. The molecule has 2 rings (SSSR count). The molecule has 0 spiro atoms. The van der Waals surface area contributed by atoms with E-state index in [2.05, 4.69) is 30.7 Å². The second kappa shape index (κ2) is 5.71. The molecule has 1 aliphatic heterocycles. The van der Waals surface area contributed by atoms with Crippen LogP contribution in [-0.4, -0.2) is 49.1 Å². The maximum absolute atomic E-state index is 2.75. The van der Waals surface area contributed by atoms with Gasteiger partial charge in [0.25, 0.3) is 0 Å². The summed E-state index contributed by atoms with van der Waals surface area (Å²) in [6.07, 6.45) is 8.61. The average Bonchev–Trinajstić information content (AvgIpc) is 3.21. The van der Waals surface area contributed by atoms with Crippen LogP contribution in [0.3, 0.4) is 0 Å². The summed E-state index contributed by atoms with van der Waals surface area (Å²) in [6, 6.07) is 0.975. The lowest BCUT2D eigenvalue weighted by Crippen LogP contribution is -2.42. The summed E-state index contributed by atoms with van der Waals surface area (Å²) in [5.74, 6) is 0. The third-order valence-corrected chi connectivity index (χ3v) is 5.24. The maximum atomic E-state index is 2.75. The lowest BCUT2D eigenvalue weighted by atomic mass is 9.73. The van der Waals surface area contributed by atoms with Crippen LogP contribution < -0.4 is 0 Å². The first-order valence-corrected chi connectivity index (χ1v) is 7.62. The zero-order valence-electron chi connectivity index (χ0n) is 12.0. The Kier molecular flexibility index (Phi) is 4.48. The quantitative estimate of drug-likeness (QED) is 0.702. The fraction of sp³-hybridized carbons (Fsp3) is 1.00. The second-order valence-electron chi connectivity index (χ2n) is 6.27. The van der Waals surface area contributed by atoms with Gasteiger partial charge in [-0.2, -0.15) is 0 Å². The first kappa shape index (κ1) is 13.4. The lowest BCUT2D eigenvalue weighted by molar-refractivity contribution is 0.0776. The molecule has 0 unspecified atom stereocenters. The Balaban J connectivity index is 1.79. The normalized spacial score (nSPS) is 25.4. The van der Waals surface area contributed by atoms with E-state index in [1.54, 1.807) is 0 Å². The summed E-state index contributed by atoms with van der Waals surface area (Å²) >= 11 is 0. The standard InChI is InChI=1S/C15H30N2/c1-4-15(8-11-16(3)5-2)9-12-17(13-10-15)14-6-7-14/h14H,4-13H2,1-3H3. The monoisotopic (exact) mass is 238 g/mol. The summed E-state index contributed by atoms with van der Waals surface area (Å²) in [5, 5.41) is 0. The molecule has 2 heteroatoms. The second-order valence-corrected chi connectivity index (χ2v) is 6.27. The molecule has 1 heterocycles. The molecule has 17 heavy (non-hydrogen) atoms. The van der Waals surface area contributed by atoms with E-state index in [9.17, 15) is 0 Å². The topological polar surface area (TPSA) is 6.48 Å². The number of rotatable bonds is 6. The van der Waals surface area contributed by atoms with Gasteiger partial charge in [-0.05, 0) is 70.7 Å². The maximum Gasteiger partial charge on any atom is 0.00964 e. The Hall–Kier alpha value is -0.0800. The van der Waals surface area contributed by atoms with Crippen LogP contribution in [0.4, 0.5) is 0 Å². The molecule has 0 atom stereocenters. The number of piperidine rings is 1. The number of nitrogens with zero attached hydrogens (tertiary/aromatic N) is 2. The van der Waals surface area contributed by atoms with Crippen molar-refractivity contribution in [1.29, 1.82) is 0 Å². The van der Waals surface area contributed by atoms with Gasteiger partial charge in [0.05, 0.1) is 0 Å². The molecule has 0 aromatic rings. The molecule has 2 nitrogen and oxygen atoms in total. The Morgan fingerprint density at radius 1 is 1.18 bits per heavy atom. The van der Waals surface area contributed by atoms with Gasteiger partial charge in [-0.1, -0.05) is 20.3 Å². The van der Waals surface area contributed by atoms with Gasteiger partial charge in [0.1, 0.15) is 0 Å². The highest BCUT2D eigenvalue weighted by Gasteiger charge is 2.37. The molecule has 1 saturated heterocycles. The zero-order valence-corrected chi connectivity index (χ0v) is 12.0. The lowest BCUT2D eigenvalue weighted by Gasteiger charge is -2.42. The average molecular weight is 238 g/mol. The predicted octanol–water partition coefficient (Wildman–Crippen LogP) is 2.98. The summed E-state index contributed by atoms with van der Waals surface area (Å²) in [5.41, 5.74) is 0.662. The van der Waals surface area contributed by atoms with E-state index in [0.717, 1.165) is 6.04 Å². The first-order chi connectivity index (χ1) is 8.19. The van der Waals surface area contributed by atoms with Crippen molar-refractivity contribution in [2.24, 2.45) is 5.41 Å². The van der Waals surface area contributed by atoms with Crippen LogP contribution in [0.5, 0.6) is 0 Å². The zero-order chi connectivity index (χ0) is 12.3. The summed E-state index contributed by atoms with van der Waals surface area (Å²) in [6.45, 7) is 9.87. The Bertz CT molecular complexity index is 227. The van der Waals surface area contributed by atoms with Crippen molar-refractivity contribution in [2.75, 3.05) is 33.2 Å². The van der Waals surface area contributed by atoms with Crippen LogP contribution >= 0.6 is 0 Å². The van der Waals surface area contributed by atoms with Gasteiger partial charge in [0.2, 0.25) is 0 Å². The molecular formula is C15H30N2. The molecular weight excluding hydrogens is 208 g/mol. The molecule has 0 amide bonds. The van der Waals surface area contributed by atoms with E-state index in [0.29, 0.717) is 5.41 Å². The van der Waals surface area contributed by atoms with Crippen molar-refractivity contribution in [2.45, 2.75) is 58.4 Å². The Morgan fingerprint density at radius 3 is 2.29 bits per heavy atom. The molecule has 1 saturated carbocycles. The smallest absolute Gasteiger partial charge is 0.00964 e. The van der Waals surface area contributed by atoms with E-state index < -0.39 is 0 Å². The summed E-state index contributed by atoms with van der Waals surface area (Å²) in [4.78, 5) is 5.21. The van der Waals surface area contributed by atoms with Gasteiger partial charge in [-0.3, -0.25) is 0 Å². The fourth-order valence-electron chi connectivity index (χ4n) is 3.17. The third-order valence-electron chi connectivity index (χ3n) is 5.24. The molecule has 2 fully saturated rings. The van der Waals surface area contributed by atoms with Crippen molar-refractivity contribution in [3.8, 4) is 0 Å². The fourth-order valence-corrected chi connectivity index (χ4v) is 3.17. The first-order valence-electron chi connectivity index (χ1n) is 7.62. The summed E-state index contributed by atoms with van der Waals surface area (Å²) in [7, 11) is 2.25. The van der Waals surface area contributed by atoms with Gasteiger partial charge in [-0.25, -0.2) is 0 Å². The summed E-state index contributed by atoms with van der Waals surface area (Å²) < 4.78 is 0. The van der Waals surface area contributed by atoms with E-state index >= 15 is 0 Å². The molecule has 0 aromatic heterocycles. The number of hydrogen-bond acceptors (Lipinski definition) is 2. The van der Waals surface area contributed by atoms with Crippen molar-refractivity contribution in [3.05, 3.63) is 0 Å². The number of hydrogen-bond donors (Lipinski definition) is 0. The van der Waals surface area contributed by atoms with E-state index in [1.807, 2.05) is 0 Å². The molecule has 2 aliphatic rings. The predicted molar refractivity (Wildman–Crippen MR) is 74.3 cm³/mol. The van der Waals surface area contributed by atoms with Crippen LogP contribution in [0.1, 0.15) is 52.4 Å². The highest BCUT2D eigenvalue weighted by molar-refractivity contribution is 4.92. The van der Waals surface area contributed by atoms with E-state index in [4.69, 9.17) is 0 Å². The molecule has 1 aliphatic carbocycles. The van der Waals surface area contributed by atoms with Gasteiger partial charge in [-0.15, -0.1) is 0 Å². The molecule has 0 radical (unpaired) electrons. The SMILES string of the molecule is CCN(C)CCC1(CC)CCN(C2CC2)CC1. The van der Waals surface area contributed by atoms with Crippen LogP contribution in [-0.2, 0) is 0 Å².